The summed E-state index contributed by atoms with van der Waals surface area (Å²) in [5.41, 5.74) is 7.74. The lowest BCUT2D eigenvalue weighted by Gasteiger charge is -2.29. The second-order valence-corrected chi connectivity index (χ2v) is 5.49. The molecule has 1 aromatic rings. The second kappa shape index (κ2) is 7.29. The van der Waals surface area contributed by atoms with E-state index in [1.807, 2.05) is 23.1 Å². The number of benzene rings is 1. The van der Waals surface area contributed by atoms with Crippen molar-refractivity contribution in [2.75, 3.05) is 31.9 Å². The van der Waals surface area contributed by atoms with Crippen LogP contribution < -0.4 is 5.73 Å². The Morgan fingerprint density at radius 1 is 1.30 bits per heavy atom. The largest absolute Gasteiger partial charge is 0.399 e. The third-order valence-corrected chi connectivity index (χ3v) is 3.87. The lowest BCUT2D eigenvalue weighted by Crippen LogP contribution is -2.42. The Bertz CT molecular complexity index is 441. The maximum absolute atomic E-state index is 12.3. The van der Waals surface area contributed by atoms with Crippen LogP contribution in [0.25, 0.3) is 0 Å². The Morgan fingerprint density at radius 3 is 2.70 bits per heavy atom. The standard InChI is InChI=1S/C16H25N3O/c1-2-18(12-14-7-6-8-15(17)11-14)13-16(20)19-9-4-3-5-10-19/h6-8,11H,2-5,9-10,12-13,17H2,1H3. The highest BCUT2D eigenvalue weighted by Gasteiger charge is 2.18. The van der Waals surface area contributed by atoms with Gasteiger partial charge >= 0.3 is 0 Å². The van der Waals surface area contributed by atoms with Crippen molar-refractivity contribution in [3.8, 4) is 0 Å². The van der Waals surface area contributed by atoms with Crippen molar-refractivity contribution >= 4 is 11.6 Å². The minimum Gasteiger partial charge on any atom is -0.399 e. The number of carbonyl (C=O) groups is 1. The number of nitrogen functional groups attached to an aromatic ring is 1. The first-order valence-corrected chi connectivity index (χ1v) is 7.53. The van der Waals surface area contributed by atoms with Crippen molar-refractivity contribution in [1.29, 1.82) is 0 Å². The smallest absolute Gasteiger partial charge is 0.236 e. The predicted molar refractivity (Wildman–Crippen MR) is 82.2 cm³/mol. The summed E-state index contributed by atoms with van der Waals surface area (Å²) in [5.74, 6) is 0.260. The molecule has 1 aliphatic heterocycles. The van der Waals surface area contributed by atoms with Crippen LogP contribution in [0.4, 0.5) is 5.69 Å². The molecule has 1 heterocycles. The molecular formula is C16H25N3O. The van der Waals surface area contributed by atoms with Gasteiger partial charge < -0.3 is 10.6 Å². The number of nitrogens with zero attached hydrogens (tertiary/aromatic N) is 2. The van der Waals surface area contributed by atoms with E-state index in [4.69, 9.17) is 5.73 Å². The van der Waals surface area contributed by atoms with Crippen LogP contribution in [0.5, 0.6) is 0 Å². The fraction of sp³-hybridized carbons (Fsp3) is 0.562. The minimum absolute atomic E-state index is 0.260. The SMILES string of the molecule is CCN(CC(=O)N1CCCCC1)Cc1cccc(N)c1. The highest BCUT2D eigenvalue weighted by molar-refractivity contribution is 5.78. The third kappa shape index (κ3) is 4.23. The quantitative estimate of drug-likeness (QED) is 0.837. The van der Waals surface area contributed by atoms with Gasteiger partial charge in [-0.3, -0.25) is 9.69 Å². The Kier molecular flexibility index (Phi) is 5.41. The molecule has 1 fully saturated rings. The number of likely N-dealkylation sites (tertiary alicyclic amines) is 1. The Labute approximate surface area is 121 Å². The maximum atomic E-state index is 12.3. The van der Waals surface area contributed by atoms with E-state index in [1.54, 1.807) is 0 Å². The van der Waals surface area contributed by atoms with Crippen molar-refractivity contribution in [2.24, 2.45) is 0 Å². The monoisotopic (exact) mass is 275 g/mol. The Balaban J connectivity index is 1.89. The Morgan fingerprint density at radius 2 is 2.05 bits per heavy atom. The lowest BCUT2D eigenvalue weighted by molar-refractivity contribution is -0.133. The summed E-state index contributed by atoms with van der Waals surface area (Å²) < 4.78 is 0. The summed E-state index contributed by atoms with van der Waals surface area (Å²) in [6, 6.07) is 7.89. The van der Waals surface area contributed by atoms with Crippen LogP contribution >= 0.6 is 0 Å². The average Bonchev–Trinajstić information content (AvgIpc) is 2.47. The fourth-order valence-corrected chi connectivity index (χ4v) is 2.66. The minimum atomic E-state index is 0.260. The zero-order chi connectivity index (χ0) is 14.4. The van der Waals surface area contributed by atoms with E-state index in [0.717, 1.165) is 44.7 Å². The molecule has 2 N–H and O–H groups in total. The lowest BCUT2D eigenvalue weighted by atomic mass is 10.1. The molecule has 2 rings (SSSR count). The molecule has 0 aliphatic carbocycles. The molecule has 4 heteroatoms. The number of amides is 1. The van der Waals surface area contributed by atoms with Gasteiger partial charge in [0.25, 0.3) is 0 Å². The summed E-state index contributed by atoms with van der Waals surface area (Å²) in [6.45, 7) is 6.10. The number of carbonyl (C=O) groups excluding carboxylic acids is 1. The van der Waals surface area contributed by atoms with Crippen molar-refractivity contribution < 1.29 is 4.79 Å². The zero-order valence-corrected chi connectivity index (χ0v) is 12.3. The van der Waals surface area contributed by atoms with Crippen LogP contribution in [0.2, 0.25) is 0 Å². The molecule has 1 saturated heterocycles. The zero-order valence-electron chi connectivity index (χ0n) is 12.3. The molecule has 110 valence electrons. The molecule has 4 nitrogen and oxygen atoms in total. The number of rotatable bonds is 5. The van der Waals surface area contributed by atoms with Gasteiger partial charge in [0.05, 0.1) is 6.54 Å². The highest BCUT2D eigenvalue weighted by Crippen LogP contribution is 2.12. The maximum Gasteiger partial charge on any atom is 0.236 e. The average molecular weight is 275 g/mol. The molecule has 0 bridgehead atoms. The van der Waals surface area contributed by atoms with Crippen molar-refractivity contribution in [2.45, 2.75) is 32.7 Å². The van der Waals surface area contributed by atoms with Crippen LogP contribution in [-0.4, -0.2) is 41.9 Å². The number of anilines is 1. The van der Waals surface area contributed by atoms with Gasteiger partial charge in [-0.25, -0.2) is 0 Å². The first-order chi connectivity index (χ1) is 9.69. The molecule has 0 saturated carbocycles. The van der Waals surface area contributed by atoms with E-state index in [0.29, 0.717) is 6.54 Å². The highest BCUT2D eigenvalue weighted by atomic mass is 16.2. The van der Waals surface area contributed by atoms with Crippen LogP contribution in [-0.2, 0) is 11.3 Å². The van der Waals surface area contributed by atoms with Gasteiger partial charge in [-0.05, 0) is 43.5 Å². The summed E-state index contributed by atoms with van der Waals surface area (Å²) >= 11 is 0. The van der Waals surface area contributed by atoms with Crippen molar-refractivity contribution in [3.05, 3.63) is 29.8 Å². The van der Waals surface area contributed by atoms with Gasteiger partial charge in [0.2, 0.25) is 5.91 Å². The van der Waals surface area contributed by atoms with Gasteiger partial charge in [-0.1, -0.05) is 19.1 Å². The van der Waals surface area contributed by atoms with Gasteiger partial charge in [0.1, 0.15) is 0 Å². The Hall–Kier alpha value is -1.55. The van der Waals surface area contributed by atoms with Crippen LogP contribution in [0.3, 0.4) is 0 Å². The molecule has 1 aromatic carbocycles. The van der Waals surface area contributed by atoms with Crippen LogP contribution in [0.1, 0.15) is 31.7 Å². The molecule has 0 spiro atoms. The van der Waals surface area contributed by atoms with E-state index in [-0.39, 0.29) is 5.91 Å². The van der Waals surface area contributed by atoms with Crippen molar-refractivity contribution in [3.63, 3.8) is 0 Å². The first kappa shape index (κ1) is 14.9. The summed E-state index contributed by atoms with van der Waals surface area (Å²) in [7, 11) is 0. The topological polar surface area (TPSA) is 49.6 Å². The normalized spacial score (nSPS) is 15.6. The fourth-order valence-electron chi connectivity index (χ4n) is 2.66. The predicted octanol–water partition coefficient (Wildman–Crippen LogP) is 2.10. The molecule has 1 aliphatic rings. The molecule has 0 atom stereocenters. The summed E-state index contributed by atoms with van der Waals surface area (Å²) in [5, 5.41) is 0. The van der Waals surface area contributed by atoms with Gasteiger partial charge in [-0.2, -0.15) is 0 Å². The number of nitrogens with two attached hydrogens (primary N) is 1. The van der Waals surface area contributed by atoms with Gasteiger partial charge in [0.15, 0.2) is 0 Å². The summed E-state index contributed by atoms with van der Waals surface area (Å²) in [6.07, 6.45) is 3.55. The number of hydrogen-bond donors (Lipinski definition) is 1. The molecular weight excluding hydrogens is 250 g/mol. The number of hydrogen-bond acceptors (Lipinski definition) is 3. The molecule has 0 aromatic heterocycles. The van der Waals surface area contributed by atoms with E-state index >= 15 is 0 Å². The van der Waals surface area contributed by atoms with E-state index in [1.165, 1.54) is 12.0 Å². The molecule has 0 radical (unpaired) electrons. The molecule has 1 amide bonds. The summed E-state index contributed by atoms with van der Waals surface area (Å²) in [4.78, 5) is 16.5. The number of piperidine rings is 1. The van der Waals surface area contributed by atoms with E-state index in [2.05, 4.69) is 17.9 Å². The van der Waals surface area contributed by atoms with Crippen LogP contribution in [0, 0.1) is 0 Å². The van der Waals surface area contributed by atoms with E-state index in [9.17, 15) is 4.79 Å². The third-order valence-electron chi connectivity index (χ3n) is 3.87. The van der Waals surface area contributed by atoms with Gasteiger partial charge in [-0.15, -0.1) is 0 Å². The molecule has 0 unspecified atom stereocenters. The van der Waals surface area contributed by atoms with Crippen LogP contribution in [0.15, 0.2) is 24.3 Å². The van der Waals surface area contributed by atoms with Crippen molar-refractivity contribution in [1.82, 2.24) is 9.80 Å². The first-order valence-electron chi connectivity index (χ1n) is 7.53. The van der Waals surface area contributed by atoms with E-state index < -0.39 is 0 Å². The second-order valence-electron chi connectivity index (χ2n) is 5.49. The molecule has 20 heavy (non-hydrogen) atoms. The number of likely N-dealkylation sites (N-methyl/N-ethyl adjacent to an activating group) is 1. The van der Waals surface area contributed by atoms with Gasteiger partial charge in [0, 0.05) is 25.3 Å².